The fourth-order valence-electron chi connectivity index (χ4n) is 8.44. The van der Waals surface area contributed by atoms with Gasteiger partial charge in [-0.1, -0.05) is 288 Å². The van der Waals surface area contributed by atoms with Crippen molar-refractivity contribution in [2.45, 2.75) is 276 Å². The topological polar surface area (TPSA) is 69.6 Å². The molecule has 0 aliphatic heterocycles. The van der Waals surface area contributed by atoms with E-state index in [0.29, 0.717) is 6.42 Å². The summed E-state index contributed by atoms with van der Waals surface area (Å²) in [5.74, 6) is -0.0892. The normalized spacial score (nSPS) is 13.9. The summed E-state index contributed by atoms with van der Waals surface area (Å²) < 4.78 is 0. The van der Waals surface area contributed by atoms with Crippen molar-refractivity contribution in [3.8, 4) is 0 Å². The van der Waals surface area contributed by atoms with Crippen molar-refractivity contribution < 1.29 is 15.0 Å². The third-order valence-corrected chi connectivity index (χ3v) is 13.0. The van der Waals surface area contributed by atoms with Gasteiger partial charge in [0.15, 0.2) is 0 Å². The fourth-order valence-corrected chi connectivity index (χ4v) is 8.44. The molecule has 73 heavy (non-hydrogen) atoms. The molecular weight excluding hydrogens is 891 g/mol. The molecule has 0 spiro atoms. The minimum Gasteiger partial charge on any atom is -0.394 e. The zero-order chi connectivity index (χ0) is 52.7. The van der Waals surface area contributed by atoms with E-state index in [1.807, 2.05) is 6.08 Å². The van der Waals surface area contributed by atoms with Gasteiger partial charge in [0.05, 0.1) is 18.8 Å². The van der Waals surface area contributed by atoms with Gasteiger partial charge in [-0.05, 0) is 116 Å². The van der Waals surface area contributed by atoms with Gasteiger partial charge >= 0.3 is 0 Å². The van der Waals surface area contributed by atoms with Crippen LogP contribution in [-0.2, 0) is 4.79 Å². The average molecular weight is 1010 g/mol. The predicted molar refractivity (Wildman–Crippen MR) is 326 cm³/mol. The Bertz CT molecular complexity index is 1510. The zero-order valence-corrected chi connectivity index (χ0v) is 47.6. The lowest BCUT2D eigenvalue weighted by atomic mass is 10.0. The van der Waals surface area contributed by atoms with Crippen LogP contribution in [0.1, 0.15) is 264 Å². The quantitative estimate of drug-likeness (QED) is 0.0420. The fraction of sp³-hybridized carbons (Fsp3) is 0.638. The molecule has 414 valence electrons. The maximum atomic E-state index is 12.5. The zero-order valence-electron chi connectivity index (χ0n) is 47.6. The number of hydrogen-bond donors (Lipinski definition) is 3. The number of hydrogen-bond acceptors (Lipinski definition) is 3. The van der Waals surface area contributed by atoms with Crippen LogP contribution in [0.3, 0.4) is 0 Å². The lowest BCUT2D eigenvalue weighted by Gasteiger charge is -2.19. The first-order valence-electron chi connectivity index (χ1n) is 30.5. The smallest absolute Gasteiger partial charge is 0.220 e. The van der Waals surface area contributed by atoms with Gasteiger partial charge in [-0.2, -0.15) is 0 Å². The van der Waals surface area contributed by atoms with Crippen LogP contribution in [0.15, 0.2) is 146 Å². The van der Waals surface area contributed by atoms with Gasteiger partial charge in [-0.3, -0.25) is 4.79 Å². The van der Waals surface area contributed by atoms with E-state index in [-0.39, 0.29) is 12.5 Å². The molecule has 0 bridgehead atoms. The molecule has 0 aliphatic rings. The van der Waals surface area contributed by atoms with Crippen molar-refractivity contribution in [3.63, 3.8) is 0 Å². The number of nitrogens with one attached hydrogen (secondary N) is 1. The number of aliphatic hydroxyl groups excluding tert-OH is 2. The molecule has 0 radical (unpaired) electrons. The Morgan fingerprint density at radius 2 is 0.616 bits per heavy atom. The van der Waals surface area contributed by atoms with Crippen LogP contribution in [0.25, 0.3) is 0 Å². The molecule has 2 unspecified atom stereocenters. The Morgan fingerprint density at radius 1 is 0.342 bits per heavy atom. The van der Waals surface area contributed by atoms with E-state index in [4.69, 9.17) is 0 Å². The highest BCUT2D eigenvalue weighted by Crippen LogP contribution is 2.15. The van der Waals surface area contributed by atoms with Crippen LogP contribution in [0.4, 0.5) is 0 Å². The summed E-state index contributed by atoms with van der Waals surface area (Å²) in [4.78, 5) is 12.5. The van der Waals surface area contributed by atoms with Gasteiger partial charge in [-0.25, -0.2) is 0 Å². The van der Waals surface area contributed by atoms with Gasteiger partial charge in [-0.15, -0.1) is 0 Å². The second kappa shape index (κ2) is 62.6. The monoisotopic (exact) mass is 1010 g/mol. The number of aliphatic hydroxyl groups is 2. The Balaban J connectivity index is 3.65. The van der Waals surface area contributed by atoms with Crippen molar-refractivity contribution in [2.24, 2.45) is 0 Å². The number of carbonyl (C=O) groups excluding carboxylic acids is 1. The molecule has 0 rings (SSSR count). The van der Waals surface area contributed by atoms with Crippen molar-refractivity contribution in [1.82, 2.24) is 5.32 Å². The van der Waals surface area contributed by atoms with E-state index in [9.17, 15) is 15.0 Å². The van der Waals surface area contributed by atoms with Gasteiger partial charge in [0.1, 0.15) is 0 Å². The Hall–Kier alpha value is -3.73. The third-order valence-electron chi connectivity index (χ3n) is 13.0. The molecule has 0 heterocycles. The Kier molecular flexibility index (Phi) is 59.4. The maximum absolute atomic E-state index is 12.5. The predicted octanol–water partition coefficient (Wildman–Crippen LogP) is 20.8. The number of allylic oxidation sites excluding steroid dienone is 23. The number of amides is 1. The second-order valence-corrected chi connectivity index (χ2v) is 20.0. The molecule has 0 saturated carbocycles. The lowest BCUT2D eigenvalue weighted by molar-refractivity contribution is -0.123. The van der Waals surface area contributed by atoms with E-state index >= 15 is 0 Å². The van der Waals surface area contributed by atoms with Gasteiger partial charge in [0, 0.05) is 6.42 Å². The highest BCUT2D eigenvalue weighted by atomic mass is 16.3. The molecule has 0 fully saturated rings. The number of rotatable bonds is 54. The highest BCUT2D eigenvalue weighted by molar-refractivity contribution is 5.76. The molecule has 3 N–H and O–H groups in total. The first-order valence-corrected chi connectivity index (χ1v) is 30.5. The van der Waals surface area contributed by atoms with Crippen molar-refractivity contribution in [1.29, 1.82) is 0 Å². The highest BCUT2D eigenvalue weighted by Gasteiger charge is 2.18. The molecule has 4 heteroatoms. The lowest BCUT2D eigenvalue weighted by Crippen LogP contribution is -2.45. The molecule has 0 aliphatic carbocycles. The van der Waals surface area contributed by atoms with Crippen LogP contribution < -0.4 is 5.32 Å². The minimum absolute atomic E-state index is 0.0892. The van der Waals surface area contributed by atoms with Crippen molar-refractivity contribution in [2.75, 3.05) is 6.61 Å². The standard InChI is InChI=1S/C69H115NO3/c1-3-5-7-9-11-13-15-17-19-21-23-25-27-29-30-31-32-33-34-35-36-37-38-39-40-41-43-45-47-49-51-53-55-57-59-61-63-65-69(73)70-67(66-71)68(72)64-62-60-58-56-54-52-50-48-46-44-42-28-26-24-22-20-18-16-14-12-10-8-6-4-2/h5,7,11,13,17,19,23,25,29-30,32-33,35-36,38-39,41,43,46,48,54,56,62,64,67-68,71-72H,3-4,6,8-10,12,14-16,18,20-22,24,26-28,31,34,37,40,42,44-45,47,49-53,55,57-61,63,65-66H2,1-2H3,(H,70,73)/b7-5-,13-11-,19-17-,25-23-,30-29-,33-32-,36-35-,39-38-,43-41-,48-46+,56-54+,64-62+. The van der Waals surface area contributed by atoms with Crippen molar-refractivity contribution >= 4 is 5.91 Å². The Labute approximate surface area is 453 Å². The second-order valence-electron chi connectivity index (χ2n) is 20.0. The SMILES string of the molecule is CC/C=C\C/C=C\C/C=C\C/C=C\C/C=C\C/C=C\C/C=C\C/C=C\C/C=C\CCCCCCCCCCCC(=O)NC(CO)C(O)/C=C/CC/C=C/CC/C=C/CCCCCCCCCCCCCCCC. The van der Waals surface area contributed by atoms with Crippen molar-refractivity contribution in [3.05, 3.63) is 146 Å². The summed E-state index contributed by atoms with van der Waals surface area (Å²) in [6.07, 6.45) is 98.7. The summed E-state index contributed by atoms with van der Waals surface area (Å²) in [5, 5.41) is 23.2. The van der Waals surface area contributed by atoms with Gasteiger partial charge in [0.2, 0.25) is 5.91 Å². The first kappa shape index (κ1) is 69.3. The van der Waals surface area contributed by atoms with E-state index in [2.05, 4.69) is 153 Å². The minimum atomic E-state index is -0.884. The van der Waals surface area contributed by atoms with E-state index in [1.54, 1.807) is 6.08 Å². The molecule has 0 aromatic carbocycles. The van der Waals surface area contributed by atoms with Crippen LogP contribution in [0, 0.1) is 0 Å². The van der Waals surface area contributed by atoms with Crippen LogP contribution in [0.5, 0.6) is 0 Å². The third kappa shape index (κ3) is 59.0. The summed E-state index contributed by atoms with van der Waals surface area (Å²) in [6.45, 7) is 4.18. The first-order chi connectivity index (χ1) is 36.2. The summed E-state index contributed by atoms with van der Waals surface area (Å²) >= 11 is 0. The van der Waals surface area contributed by atoms with E-state index in [0.717, 1.165) is 103 Å². The number of carbonyl (C=O) groups is 1. The molecule has 2 atom stereocenters. The molecule has 0 aromatic rings. The molecular formula is C69H115NO3. The van der Waals surface area contributed by atoms with Crippen LogP contribution in [0.2, 0.25) is 0 Å². The molecule has 0 aromatic heterocycles. The van der Waals surface area contributed by atoms with Gasteiger partial charge in [0.25, 0.3) is 0 Å². The summed E-state index contributed by atoms with van der Waals surface area (Å²) in [5.41, 5.74) is 0. The molecule has 1 amide bonds. The summed E-state index contributed by atoms with van der Waals surface area (Å²) in [6, 6.07) is -0.661. The van der Waals surface area contributed by atoms with E-state index < -0.39 is 12.1 Å². The number of unbranched alkanes of at least 4 members (excludes halogenated alkanes) is 25. The Morgan fingerprint density at radius 3 is 0.959 bits per heavy atom. The maximum Gasteiger partial charge on any atom is 0.220 e. The summed E-state index contributed by atoms with van der Waals surface area (Å²) in [7, 11) is 0. The van der Waals surface area contributed by atoms with Gasteiger partial charge < -0.3 is 15.5 Å². The van der Waals surface area contributed by atoms with E-state index in [1.165, 1.54) is 141 Å². The largest absolute Gasteiger partial charge is 0.394 e. The molecule has 0 saturated heterocycles. The van der Waals surface area contributed by atoms with Crippen LogP contribution >= 0.6 is 0 Å². The average Bonchev–Trinajstić information content (AvgIpc) is 3.40. The van der Waals surface area contributed by atoms with Crippen LogP contribution in [-0.4, -0.2) is 34.9 Å². The molecule has 4 nitrogen and oxygen atoms in total.